The predicted molar refractivity (Wildman–Crippen MR) is 82.8 cm³/mol. The van der Waals surface area contributed by atoms with Crippen molar-refractivity contribution in [2.75, 3.05) is 11.9 Å². The minimum Gasteiger partial charge on any atom is -0.487 e. The number of hydrogen-bond donors (Lipinski definition) is 2. The molecule has 0 heterocycles. The number of nitro benzene ring substituents is 1. The number of hydrogen-bond acceptors (Lipinski definition) is 5. The molecule has 1 saturated carbocycles. The maximum absolute atomic E-state index is 11.5. The Kier molecular flexibility index (Phi) is 5.19. The Morgan fingerprint density at radius 1 is 1.45 bits per heavy atom. The van der Waals surface area contributed by atoms with E-state index in [2.05, 4.69) is 5.32 Å². The van der Waals surface area contributed by atoms with Crippen LogP contribution in [-0.4, -0.2) is 23.5 Å². The van der Waals surface area contributed by atoms with Crippen LogP contribution in [0.3, 0.4) is 0 Å². The van der Waals surface area contributed by atoms with Gasteiger partial charge in [0.2, 0.25) is 5.91 Å². The van der Waals surface area contributed by atoms with E-state index in [0.29, 0.717) is 12.3 Å². The van der Waals surface area contributed by atoms with E-state index in [0.717, 1.165) is 25.7 Å². The van der Waals surface area contributed by atoms with Gasteiger partial charge in [0.05, 0.1) is 17.4 Å². The van der Waals surface area contributed by atoms with Crippen molar-refractivity contribution in [3.63, 3.8) is 0 Å². The quantitative estimate of drug-likeness (QED) is 0.620. The van der Waals surface area contributed by atoms with Gasteiger partial charge >= 0.3 is 5.69 Å². The summed E-state index contributed by atoms with van der Waals surface area (Å²) in [6, 6.07) is 4.61. The molecule has 1 aromatic carbocycles. The van der Waals surface area contributed by atoms with Crippen LogP contribution < -0.4 is 15.8 Å². The second kappa shape index (κ2) is 7.11. The second-order valence-electron chi connectivity index (χ2n) is 5.42. The number of carbonyl (C=O) groups is 1. The minimum atomic E-state index is -0.471. The SMILES string of the molecule is CCOc1cc(NC2CCCCC2C(N)=O)ccc1[N+](=O)[O-]. The zero-order chi connectivity index (χ0) is 16.1. The van der Waals surface area contributed by atoms with Gasteiger partial charge in [0, 0.05) is 23.9 Å². The molecular formula is C15H21N3O4. The van der Waals surface area contributed by atoms with Crippen LogP contribution in [0.15, 0.2) is 18.2 Å². The predicted octanol–water partition coefficient (Wildman–Crippen LogP) is 2.45. The molecule has 3 N–H and O–H groups in total. The van der Waals surface area contributed by atoms with Crippen LogP contribution in [0.1, 0.15) is 32.6 Å². The lowest BCUT2D eigenvalue weighted by atomic mass is 9.84. The lowest BCUT2D eigenvalue weighted by molar-refractivity contribution is -0.385. The van der Waals surface area contributed by atoms with Gasteiger partial charge in [0.25, 0.3) is 0 Å². The average Bonchev–Trinajstić information content (AvgIpc) is 2.48. The first-order chi connectivity index (χ1) is 10.5. The summed E-state index contributed by atoms with van der Waals surface area (Å²) in [5.74, 6) is -0.285. The first-order valence-corrected chi connectivity index (χ1v) is 7.50. The van der Waals surface area contributed by atoms with Gasteiger partial charge in [-0.05, 0) is 25.8 Å². The molecule has 2 rings (SSSR count). The van der Waals surface area contributed by atoms with Gasteiger partial charge < -0.3 is 15.8 Å². The van der Waals surface area contributed by atoms with Crippen LogP contribution in [0, 0.1) is 16.0 Å². The van der Waals surface area contributed by atoms with Gasteiger partial charge in [-0.2, -0.15) is 0 Å². The zero-order valence-electron chi connectivity index (χ0n) is 12.6. The van der Waals surface area contributed by atoms with E-state index in [1.807, 2.05) is 0 Å². The van der Waals surface area contributed by atoms with Crippen LogP contribution in [0.25, 0.3) is 0 Å². The molecule has 0 radical (unpaired) electrons. The molecule has 1 aliphatic rings. The number of rotatable bonds is 6. The van der Waals surface area contributed by atoms with Gasteiger partial charge in [0.1, 0.15) is 0 Å². The standard InChI is InChI=1S/C15H21N3O4/c1-2-22-14-9-10(7-8-13(14)18(20)21)17-12-6-4-3-5-11(12)15(16)19/h7-9,11-12,17H,2-6H2,1H3,(H2,16,19). The van der Waals surface area contributed by atoms with Gasteiger partial charge in [-0.1, -0.05) is 12.8 Å². The maximum atomic E-state index is 11.5. The number of nitrogens with zero attached hydrogens (tertiary/aromatic N) is 1. The second-order valence-corrected chi connectivity index (χ2v) is 5.42. The summed E-state index contributed by atoms with van der Waals surface area (Å²) < 4.78 is 5.33. The molecule has 1 fully saturated rings. The smallest absolute Gasteiger partial charge is 0.311 e. The maximum Gasteiger partial charge on any atom is 0.311 e. The van der Waals surface area contributed by atoms with Crippen molar-refractivity contribution in [1.82, 2.24) is 0 Å². The summed E-state index contributed by atoms with van der Waals surface area (Å²) in [5.41, 5.74) is 6.09. The molecule has 2 atom stereocenters. The molecule has 0 bridgehead atoms. The van der Waals surface area contributed by atoms with E-state index in [1.54, 1.807) is 19.1 Å². The van der Waals surface area contributed by atoms with Crippen molar-refractivity contribution in [2.24, 2.45) is 11.7 Å². The van der Waals surface area contributed by atoms with E-state index >= 15 is 0 Å². The fourth-order valence-electron chi connectivity index (χ4n) is 2.88. The first kappa shape index (κ1) is 16.1. The molecule has 1 aromatic rings. The molecule has 0 aliphatic heterocycles. The van der Waals surface area contributed by atoms with Crippen LogP contribution >= 0.6 is 0 Å². The van der Waals surface area contributed by atoms with E-state index in [4.69, 9.17) is 10.5 Å². The highest BCUT2D eigenvalue weighted by atomic mass is 16.6. The summed E-state index contributed by atoms with van der Waals surface area (Å²) in [7, 11) is 0. The molecule has 7 heteroatoms. The number of nitrogens with one attached hydrogen (secondary N) is 1. The number of ether oxygens (including phenoxy) is 1. The number of carbonyl (C=O) groups excluding carboxylic acids is 1. The third kappa shape index (κ3) is 3.66. The summed E-state index contributed by atoms with van der Waals surface area (Å²) >= 11 is 0. The number of benzene rings is 1. The summed E-state index contributed by atoms with van der Waals surface area (Å²) in [6.07, 6.45) is 3.66. The molecule has 2 unspecified atom stereocenters. The van der Waals surface area contributed by atoms with Crippen molar-refractivity contribution >= 4 is 17.3 Å². The highest BCUT2D eigenvalue weighted by Gasteiger charge is 2.29. The van der Waals surface area contributed by atoms with Crippen molar-refractivity contribution in [3.05, 3.63) is 28.3 Å². The van der Waals surface area contributed by atoms with Crippen LogP contribution in [0.5, 0.6) is 5.75 Å². The average molecular weight is 307 g/mol. The van der Waals surface area contributed by atoms with E-state index < -0.39 is 4.92 Å². The van der Waals surface area contributed by atoms with Gasteiger partial charge in [0.15, 0.2) is 5.75 Å². The molecule has 0 saturated heterocycles. The Bertz CT molecular complexity index is 562. The lowest BCUT2D eigenvalue weighted by Gasteiger charge is -2.30. The van der Waals surface area contributed by atoms with E-state index in [1.165, 1.54) is 6.07 Å². The number of amides is 1. The minimum absolute atomic E-state index is 0.0396. The van der Waals surface area contributed by atoms with Crippen molar-refractivity contribution in [1.29, 1.82) is 0 Å². The monoisotopic (exact) mass is 307 g/mol. The first-order valence-electron chi connectivity index (χ1n) is 7.50. The van der Waals surface area contributed by atoms with Crippen LogP contribution in [-0.2, 0) is 4.79 Å². The normalized spacial score (nSPS) is 21.1. The third-order valence-electron chi connectivity index (χ3n) is 3.94. The van der Waals surface area contributed by atoms with Crippen molar-refractivity contribution in [2.45, 2.75) is 38.6 Å². The highest BCUT2D eigenvalue weighted by molar-refractivity contribution is 5.78. The van der Waals surface area contributed by atoms with Gasteiger partial charge in [-0.15, -0.1) is 0 Å². The number of nitro groups is 1. The fourth-order valence-corrected chi connectivity index (χ4v) is 2.88. The molecule has 1 amide bonds. The Balaban J connectivity index is 2.19. The summed E-state index contributed by atoms with van der Waals surface area (Å²) in [5, 5.41) is 14.3. The molecule has 0 aromatic heterocycles. The molecular weight excluding hydrogens is 286 g/mol. The topological polar surface area (TPSA) is 107 Å². The molecule has 120 valence electrons. The lowest BCUT2D eigenvalue weighted by Crippen LogP contribution is -2.40. The van der Waals surface area contributed by atoms with E-state index in [-0.39, 0.29) is 29.3 Å². The van der Waals surface area contributed by atoms with Gasteiger partial charge in [-0.3, -0.25) is 14.9 Å². The number of nitrogens with two attached hydrogens (primary N) is 1. The largest absolute Gasteiger partial charge is 0.487 e. The fraction of sp³-hybridized carbons (Fsp3) is 0.533. The molecule has 7 nitrogen and oxygen atoms in total. The summed E-state index contributed by atoms with van der Waals surface area (Å²) in [6.45, 7) is 2.12. The Labute approximate surface area is 129 Å². The van der Waals surface area contributed by atoms with Crippen LogP contribution in [0.2, 0.25) is 0 Å². The van der Waals surface area contributed by atoms with Crippen molar-refractivity contribution in [3.8, 4) is 5.75 Å². The molecule has 22 heavy (non-hydrogen) atoms. The van der Waals surface area contributed by atoms with Crippen LogP contribution in [0.4, 0.5) is 11.4 Å². The number of primary amides is 1. The Morgan fingerprint density at radius 3 is 2.82 bits per heavy atom. The third-order valence-corrected chi connectivity index (χ3v) is 3.94. The Hall–Kier alpha value is -2.31. The molecule has 0 spiro atoms. The van der Waals surface area contributed by atoms with E-state index in [9.17, 15) is 14.9 Å². The molecule has 1 aliphatic carbocycles. The van der Waals surface area contributed by atoms with Gasteiger partial charge in [-0.25, -0.2) is 0 Å². The number of anilines is 1. The highest BCUT2D eigenvalue weighted by Crippen LogP contribution is 2.32. The van der Waals surface area contributed by atoms with Crippen molar-refractivity contribution < 1.29 is 14.5 Å². The summed E-state index contributed by atoms with van der Waals surface area (Å²) in [4.78, 5) is 22.0. The zero-order valence-corrected chi connectivity index (χ0v) is 12.6. The Morgan fingerprint density at radius 2 is 2.18 bits per heavy atom.